The molecule has 0 heterocycles. The number of hydrogen-bond acceptors (Lipinski definition) is 4. The molecule has 7 nitrogen and oxygen atoms in total. The van der Waals surface area contributed by atoms with Crippen molar-refractivity contribution in [3.05, 3.63) is 59.7 Å². The van der Waals surface area contributed by atoms with Crippen molar-refractivity contribution in [2.75, 3.05) is 6.61 Å². The molecule has 0 bridgehead atoms. The van der Waals surface area contributed by atoms with Crippen LogP contribution in [0.15, 0.2) is 48.5 Å². The average molecular weight is 465 g/mol. The highest BCUT2D eigenvalue weighted by atomic mass is 16.5. The van der Waals surface area contributed by atoms with Crippen LogP contribution in [0, 0.1) is 11.8 Å². The molecule has 2 aromatic carbocycles. The fraction of sp³-hybridized carbons (Fsp3) is 0.444. The van der Waals surface area contributed by atoms with Gasteiger partial charge in [0.05, 0.1) is 0 Å². The van der Waals surface area contributed by atoms with Gasteiger partial charge in [-0.1, -0.05) is 75.2 Å². The third kappa shape index (κ3) is 5.58. The Bertz CT molecular complexity index is 1020. The summed E-state index contributed by atoms with van der Waals surface area (Å²) >= 11 is 0. The summed E-state index contributed by atoms with van der Waals surface area (Å²) in [5.41, 5.74) is 4.57. The van der Waals surface area contributed by atoms with Crippen LogP contribution in [0.2, 0.25) is 0 Å². The summed E-state index contributed by atoms with van der Waals surface area (Å²) in [5, 5.41) is 14.8. The summed E-state index contributed by atoms with van der Waals surface area (Å²) in [6, 6.07) is 14.9. The van der Waals surface area contributed by atoms with Crippen LogP contribution in [0.1, 0.15) is 56.6 Å². The molecule has 0 aliphatic heterocycles. The van der Waals surface area contributed by atoms with Gasteiger partial charge in [-0.3, -0.25) is 4.79 Å². The van der Waals surface area contributed by atoms with Crippen molar-refractivity contribution < 1.29 is 24.2 Å². The fourth-order valence-electron chi connectivity index (χ4n) is 4.61. The number of carbonyl (C=O) groups is 3. The Hall–Kier alpha value is -3.35. The summed E-state index contributed by atoms with van der Waals surface area (Å²) in [6.07, 6.45) is 1.89. The maximum absolute atomic E-state index is 12.6. The number of fused-ring (bicyclic) bond motifs is 3. The van der Waals surface area contributed by atoms with E-state index in [0.29, 0.717) is 12.3 Å². The number of carboxylic acids is 1. The molecule has 0 saturated heterocycles. The number of rotatable bonds is 10. The van der Waals surface area contributed by atoms with E-state index in [4.69, 9.17) is 4.74 Å². The fourth-order valence-corrected chi connectivity index (χ4v) is 4.61. The third-order valence-corrected chi connectivity index (χ3v) is 6.76. The highest BCUT2D eigenvalue weighted by Crippen LogP contribution is 2.44. The SMILES string of the molecule is CC(C)[C@@H](CC(=O)NC(CC1CC1)C(=O)O)NC(=O)OCC1c2ccccc2-c2ccccc21. The van der Waals surface area contributed by atoms with E-state index in [1.54, 1.807) is 0 Å². The van der Waals surface area contributed by atoms with Gasteiger partial charge >= 0.3 is 12.1 Å². The Morgan fingerprint density at radius 3 is 2.09 bits per heavy atom. The molecular formula is C27H32N2O5. The average Bonchev–Trinajstić information content (AvgIpc) is 3.57. The smallest absolute Gasteiger partial charge is 0.407 e. The molecule has 4 rings (SSSR count). The molecule has 2 aliphatic rings. The van der Waals surface area contributed by atoms with Gasteiger partial charge in [0, 0.05) is 18.4 Å². The zero-order valence-electron chi connectivity index (χ0n) is 19.6. The Balaban J connectivity index is 1.34. The Labute approximate surface area is 199 Å². The van der Waals surface area contributed by atoms with Crippen molar-refractivity contribution in [1.82, 2.24) is 10.6 Å². The molecule has 1 saturated carbocycles. The molecule has 1 fully saturated rings. The minimum atomic E-state index is -1.02. The van der Waals surface area contributed by atoms with Crippen molar-refractivity contribution >= 4 is 18.0 Å². The van der Waals surface area contributed by atoms with Gasteiger partial charge in [0.2, 0.25) is 5.91 Å². The van der Waals surface area contributed by atoms with E-state index >= 15 is 0 Å². The summed E-state index contributed by atoms with van der Waals surface area (Å²) < 4.78 is 5.61. The van der Waals surface area contributed by atoms with Crippen LogP contribution < -0.4 is 10.6 Å². The first-order valence-corrected chi connectivity index (χ1v) is 12.0. The summed E-state index contributed by atoms with van der Waals surface area (Å²) in [4.78, 5) is 36.7. The third-order valence-electron chi connectivity index (χ3n) is 6.76. The number of nitrogens with one attached hydrogen (secondary N) is 2. The molecule has 2 atom stereocenters. The predicted octanol–water partition coefficient (Wildman–Crippen LogP) is 4.31. The Morgan fingerprint density at radius 1 is 0.971 bits per heavy atom. The minimum absolute atomic E-state index is 0.00366. The minimum Gasteiger partial charge on any atom is -0.480 e. The summed E-state index contributed by atoms with van der Waals surface area (Å²) in [7, 11) is 0. The number of ether oxygens (including phenoxy) is 1. The first-order valence-electron chi connectivity index (χ1n) is 12.0. The van der Waals surface area contributed by atoms with Crippen molar-refractivity contribution in [2.24, 2.45) is 11.8 Å². The first kappa shape index (κ1) is 23.8. The lowest BCUT2D eigenvalue weighted by Gasteiger charge is -2.23. The van der Waals surface area contributed by atoms with Crippen molar-refractivity contribution in [3.8, 4) is 11.1 Å². The number of benzene rings is 2. The van der Waals surface area contributed by atoms with Gasteiger partial charge in [0.25, 0.3) is 0 Å². The maximum atomic E-state index is 12.6. The summed E-state index contributed by atoms with van der Waals surface area (Å²) in [5.74, 6) is -1.10. The van der Waals surface area contributed by atoms with Gasteiger partial charge in [-0.15, -0.1) is 0 Å². The van der Waals surface area contributed by atoms with Gasteiger partial charge < -0.3 is 20.5 Å². The van der Waals surface area contributed by atoms with Gasteiger partial charge in [-0.25, -0.2) is 9.59 Å². The molecular weight excluding hydrogens is 432 g/mol. The number of alkyl carbamates (subject to hydrolysis) is 1. The van der Waals surface area contributed by atoms with E-state index in [-0.39, 0.29) is 30.8 Å². The topological polar surface area (TPSA) is 105 Å². The highest BCUT2D eigenvalue weighted by molar-refractivity contribution is 5.84. The molecule has 2 amide bonds. The number of amides is 2. The number of carboxylic acid groups (broad SMARTS) is 1. The number of carbonyl (C=O) groups excluding carboxylic acids is 2. The predicted molar refractivity (Wildman–Crippen MR) is 128 cm³/mol. The largest absolute Gasteiger partial charge is 0.480 e. The van der Waals surface area contributed by atoms with Crippen molar-refractivity contribution in [2.45, 2.75) is 57.5 Å². The Morgan fingerprint density at radius 2 is 1.56 bits per heavy atom. The second-order valence-corrected chi connectivity index (χ2v) is 9.66. The van der Waals surface area contributed by atoms with Crippen LogP contribution in [-0.4, -0.2) is 41.8 Å². The zero-order valence-corrected chi connectivity index (χ0v) is 19.6. The van der Waals surface area contributed by atoms with Gasteiger partial charge in [-0.05, 0) is 40.5 Å². The number of aliphatic carboxylic acids is 1. The monoisotopic (exact) mass is 464 g/mol. The molecule has 0 aromatic heterocycles. The highest BCUT2D eigenvalue weighted by Gasteiger charge is 2.32. The molecule has 34 heavy (non-hydrogen) atoms. The molecule has 2 aromatic rings. The van der Waals surface area contributed by atoms with Gasteiger partial charge in [0.1, 0.15) is 12.6 Å². The van der Waals surface area contributed by atoms with E-state index < -0.39 is 24.1 Å². The quantitative estimate of drug-likeness (QED) is 0.486. The summed E-state index contributed by atoms with van der Waals surface area (Å²) in [6.45, 7) is 4.00. The zero-order chi connectivity index (χ0) is 24.2. The standard InChI is InChI=1S/C27H32N2O5/c1-16(2)23(14-25(30)28-24(26(31)32)13-17-11-12-17)29-27(33)34-15-22-20-9-5-3-7-18(20)19-8-4-6-10-21(19)22/h3-10,16-17,22-24H,11-15H2,1-2H3,(H,28,30)(H,29,33)(H,31,32)/t23-,24?/m1/s1. The molecule has 1 unspecified atom stereocenters. The number of hydrogen-bond donors (Lipinski definition) is 3. The molecule has 7 heteroatoms. The first-order chi connectivity index (χ1) is 16.3. The van der Waals surface area contributed by atoms with Crippen LogP contribution in [0.4, 0.5) is 4.79 Å². The molecule has 180 valence electrons. The van der Waals surface area contributed by atoms with Crippen molar-refractivity contribution in [3.63, 3.8) is 0 Å². The van der Waals surface area contributed by atoms with Gasteiger partial charge in [0.15, 0.2) is 0 Å². The second-order valence-electron chi connectivity index (χ2n) is 9.66. The van der Waals surface area contributed by atoms with E-state index in [0.717, 1.165) is 35.1 Å². The normalized spacial score (nSPS) is 16.3. The van der Waals surface area contributed by atoms with Crippen LogP contribution in [-0.2, 0) is 14.3 Å². The van der Waals surface area contributed by atoms with E-state index in [1.165, 1.54) is 0 Å². The molecule has 0 radical (unpaired) electrons. The molecule has 0 spiro atoms. The molecule has 3 N–H and O–H groups in total. The Kier molecular flexibility index (Phi) is 7.20. The van der Waals surface area contributed by atoms with Crippen LogP contribution >= 0.6 is 0 Å². The van der Waals surface area contributed by atoms with Gasteiger partial charge in [-0.2, -0.15) is 0 Å². The van der Waals surface area contributed by atoms with E-state index in [1.807, 2.05) is 38.1 Å². The second kappa shape index (κ2) is 10.3. The maximum Gasteiger partial charge on any atom is 0.407 e. The lowest BCUT2D eigenvalue weighted by Crippen LogP contribution is -2.46. The van der Waals surface area contributed by atoms with E-state index in [9.17, 15) is 19.5 Å². The lowest BCUT2D eigenvalue weighted by molar-refractivity contribution is -0.142. The van der Waals surface area contributed by atoms with E-state index in [2.05, 4.69) is 34.9 Å². The lowest BCUT2D eigenvalue weighted by atomic mass is 9.98. The van der Waals surface area contributed by atoms with Crippen molar-refractivity contribution in [1.29, 1.82) is 0 Å². The van der Waals surface area contributed by atoms with Crippen LogP contribution in [0.3, 0.4) is 0 Å². The van der Waals surface area contributed by atoms with Crippen LogP contribution in [0.25, 0.3) is 11.1 Å². The van der Waals surface area contributed by atoms with Crippen LogP contribution in [0.5, 0.6) is 0 Å². The molecule has 2 aliphatic carbocycles.